The van der Waals surface area contributed by atoms with Crippen LogP contribution in [0.5, 0.6) is 0 Å². The molecule has 0 saturated carbocycles. The fraction of sp³-hybridized carbons (Fsp3) is 0.225. The van der Waals surface area contributed by atoms with Gasteiger partial charge in [0.15, 0.2) is 23.2 Å². The van der Waals surface area contributed by atoms with Crippen molar-refractivity contribution < 1.29 is 75.6 Å². The van der Waals surface area contributed by atoms with Gasteiger partial charge >= 0.3 is 115 Å². The van der Waals surface area contributed by atoms with Gasteiger partial charge in [-0.15, -0.1) is 35.1 Å². The Labute approximate surface area is 752 Å². The predicted octanol–water partition coefficient (Wildman–Crippen LogP) is 16.9. The average Bonchev–Trinajstić information content (AvgIpc) is 0.789. The molecular weight excluding hydrogens is 2500 g/mol. The molecule has 0 atom stereocenters. The van der Waals surface area contributed by atoms with E-state index in [4.69, 9.17) is 15.9 Å². The van der Waals surface area contributed by atoms with Crippen molar-refractivity contribution in [3.63, 3.8) is 0 Å². The Morgan fingerprint density at radius 1 is 0.448 bits per heavy atom. The van der Waals surface area contributed by atoms with Crippen LogP contribution in [0.15, 0.2) is 231 Å². The van der Waals surface area contributed by atoms with Gasteiger partial charge in [-0.25, -0.2) is 9.59 Å². The molecule has 4 aliphatic rings. The summed E-state index contributed by atoms with van der Waals surface area (Å²) < 4.78 is 124. The molecule has 616 valence electrons. The monoisotopic (exact) mass is 2580 g/mol. The van der Waals surface area contributed by atoms with Crippen molar-refractivity contribution in [3.8, 4) is 35.3 Å². The average molecular weight is 2580 g/mol. The molecule has 22 nitrogen and oxygen atoms in total. The number of esters is 2. The second kappa shape index (κ2) is 45.5. The maximum absolute atomic E-state index is 13.1. The predicted molar refractivity (Wildman–Crippen MR) is 529 cm³/mol. The van der Waals surface area contributed by atoms with Crippen molar-refractivity contribution >= 4 is 239 Å². The van der Waals surface area contributed by atoms with Crippen molar-refractivity contribution in [1.82, 2.24) is 0 Å². The first-order chi connectivity index (χ1) is 53.8. The molecule has 4 N–H and O–H groups in total. The van der Waals surface area contributed by atoms with Gasteiger partial charge in [0.2, 0.25) is 11.7 Å². The van der Waals surface area contributed by atoms with Gasteiger partial charge in [0.1, 0.15) is 35.7 Å². The second-order valence-electron chi connectivity index (χ2n) is 26.6. The van der Waals surface area contributed by atoms with Crippen LogP contribution in [0.4, 0.5) is 22.7 Å². The molecule has 36 heteroatoms. The Kier molecular flexibility index (Phi) is 39.0. The first kappa shape index (κ1) is 99.5. The van der Waals surface area contributed by atoms with Crippen LogP contribution in [-0.4, -0.2) is 110 Å². The van der Waals surface area contributed by atoms with Crippen LogP contribution in [-0.2, 0) is 68.7 Å². The summed E-state index contributed by atoms with van der Waals surface area (Å²) >= 11 is 13.4. The number of ketones is 2. The Balaban J connectivity index is 0.000000238. The van der Waals surface area contributed by atoms with Gasteiger partial charge in [0.05, 0.1) is 36.0 Å². The second-order valence-corrected chi connectivity index (χ2v) is 157. The van der Waals surface area contributed by atoms with E-state index in [9.17, 15) is 52.8 Å². The van der Waals surface area contributed by atoms with Gasteiger partial charge in [0.25, 0.3) is 40.1 Å². The normalized spacial score (nSPS) is 14.5. The van der Waals surface area contributed by atoms with Crippen molar-refractivity contribution in [2.45, 2.75) is 125 Å². The van der Waals surface area contributed by atoms with E-state index in [0.29, 0.717) is 65.5 Å². The topological polar surface area (TPSA) is 321 Å². The minimum atomic E-state index is -4.01. The van der Waals surface area contributed by atoms with Gasteiger partial charge in [-0.05, 0) is 144 Å². The van der Waals surface area contributed by atoms with Crippen molar-refractivity contribution in [2.24, 2.45) is 17.6 Å². The molecule has 0 saturated heterocycles. The summed E-state index contributed by atoms with van der Waals surface area (Å²) in [6.07, 6.45) is 6.72. The third-order valence-corrected chi connectivity index (χ3v) is 271. The summed E-state index contributed by atoms with van der Waals surface area (Å²) in [5, 5.41) is 11.1. The quantitative estimate of drug-likeness (QED) is 0.0268. The van der Waals surface area contributed by atoms with Gasteiger partial charge < -0.3 is 30.7 Å². The zero-order valence-electron chi connectivity index (χ0n) is 62.1. The number of nitrogens with one attached hydrogen (secondary N) is 4. The number of rotatable bonds is 18. The maximum atomic E-state index is 13.1. The molecule has 0 radical (unpaired) electrons. The van der Waals surface area contributed by atoms with Gasteiger partial charge in [-0.3, -0.25) is 9.59 Å². The number of nitrogens with zero attached hydrogens (tertiary/aromatic N) is 4. The van der Waals surface area contributed by atoms with Gasteiger partial charge in [0, 0.05) is 44.9 Å². The number of Topliss-reactive ketones (excluding diaryl/α,β-unsaturated/α-hetero) is 2. The van der Waals surface area contributed by atoms with Crippen LogP contribution in [0.1, 0.15) is 105 Å². The van der Waals surface area contributed by atoms with E-state index in [1.807, 2.05) is 144 Å². The number of halogens is 8. The summed E-state index contributed by atoms with van der Waals surface area (Å²) in [6, 6.07) is 59.0. The number of hydrogen-bond donors (Lipinski definition) is 4. The molecule has 0 aromatic heterocycles. The molecule has 0 unspecified atom stereocenters. The molecule has 0 aliphatic carbocycles. The van der Waals surface area contributed by atoms with E-state index in [1.165, 1.54) is 24.3 Å². The van der Waals surface area contributed by atoms with Crippen LogP contribution in [0.2, 0.25) is 39.3 Å². The molecule has 0 amide bonds. The number of terminal acetylenes is 1. The van der Waals surface area contributed by atoms with Gasteiger partial charge in [-0.1, -0.05) is 193 Å². The van der Waals surface area contributed by atoms with E-state index in [-0.39, 0.29) is 123 Å². The first-order valence-electron chi connectivity index (χ1n) is 34.3. The molecular formula is C80H83I8N8O14S4Si2-. The molecule has 8 aromatic carbocycles. The Bertz CT molecular complexity index is 5650. The third-order valence-electron chi connectivity index (χ3n) is 15.9. The summed E-state index contributed by atoms with van der Waals surface area (Å²) in [5.74, 6) is 5.28. The van der Waals surface area contributed by atoms with Crippen molar-refractivity contribution in [3.05, 3.63) is 237 Å². The Morgan fingerprint density at radius 3 is 1.02 bits per heavy atom. The van der Waals surface area contributed by atoms with E-state index < -0.39 is 68.2 Å². The number of fused-ring (bicyclic) bond motifs is 4. The summed E-state index contributed by atoms with van der Waals surface area (Å²) in [5.41, 5.74) is 13.8. The molecule has 12 rings (SSSR count). The summed E-state index contributed by atoms with van der Waals surface area (Å²) in [7, 11) is -19.5. The van der Waals surface area contributed by atoms with Crippen LogP contribution >= 0.6 is 113 Å². The number of hydrogen-bond acceptors (Lipinski definition) is 18. The van der Waals surface area contributed by atoms with Crippen molar-refractivity contribution in [1.29, 1.82) is 0 Å². The van der Waals surface area contributed by atoms with E-state index in [2.05, 4.69) is 181 Å². The number of carbonyl (C=O) groups excluding carboxylic acids is 4. The van der Waals surface area contributed by atoms with Crippen LogP contribution in [0.3, 0.4) is 0 Å². The van der Waals surface area contributed by atoms with E-state index in [1.54, 1.807) is 62.4 Å². The number of sulfonamides is 4. The zero-order valence-corrected chi connectivity index (χ0v) is 84.6. The standard InChI is InChI=1S/C28H28N2O3SSi.C25H20N2O3S.C15H18N2O4SSi.C10H9IN2O4S.2CH4.I7/c1-35(2,3)19-18-21-14-16-25-27(20-21)34(32,33)30-28(29-25)26(31)17-15-24(22-10-6-4-7-11-22)23-12-8-5-9-13-23;1-2-18-13-15-22-24(17-18)31(29,30)27-25(26-22)23(28)16-14-21(19-9-5-3-6-10-19)20-11-7-4-8-12-20;1-5-21-15(18)14-16-12-7-6-11(8-9-23(2,3)4)10-13(12)22(19,20)17-14;1-2-17-10(14)9-12-7-4-3-6(11)5-8(7)18(15,16)13-9;;;1-5-7(4)6(2)3/h4-14,16,20,24H,15,17H2,1-3H3,(H,29,30);1,3-13,15,17,21H,14,16H2,(H,26,27);6-7,10H,5H2,1-4H3,(H,16,17);3-5H,2H2,1H3,(H,12,13);2*1H4;/q;;;;;;-1. The molecule has 0 fully saturated rings. The molecule has 8 aromatic rings. The fourth-order valence-electron chi connectivity index (χ4n) is 10.8. The molecule has 4 aliphatic heterocycles. The SMILES string of the molecule is C.C.C#Cc1ccc2c(c1)S(=O)(=O)N=C(C(=O)CCC(c1ccccc1)c1ccccc1)N2.CCOC(=O)C1=NS(=O)(=O)c2cc(C#C[Si](C)(C)C)ccc2N1.CCOC(=O)C1=NS(=O)(=O)c2cc(I)ccc2N1.C[Si](C)(C)C#Cc1ccc2c(c1)S(=O)(=O)N=C(C(=O)CCC(c1ccccc1)c1ccccc1)N2.I[I-]I(I)I(I)I. The van der Waals surface area contributed by atoms with E-state index in [0.717, 1.165) is 25.8 Å². The first-order valence-corrected chi connectivity index (χ1v) is 85.9. The number of amidine groups is 4. The van der Waals surface area contributed by atoms with Crippen LogP contribution < -0.4 is 34.5 Å². The molecule has 116 heavy (non-hydrogen) atoms. The summed E-state index contributed by atoms with van der Waals surface area (Å²) in [6.45, 7) is 16.2. The van der Waals surface area contributed by atoms with Crippen LogP contribution in [0, 0.1) is 38.8 Å². The van der Waals surface area contributed by atoms with E-state index >= 15 is 0 Å². The fourth-order valence-corrected chi connectivity index (χ4v) is 227. The molecule has 0 spiro atoms. The van der Waals surface area contributed by atoms with Crippen molar-refractivity contribution in [2.75, 3.05) is 34.5 Å². The zero-order chi connectivity index (χ0) is 83.3. The number of carbonyl (C=O) groups is 4. The minimum absolute atomic E-state index is 0. The molecule has 4 heterocycles. The summed E-state index contributed by atoms with van der Waals surface area (Å²) in [4.78, 5) is 49.2. The number of benzene rings is 8. The van der Waals surface area contributed by atoms with Crippen LogP contribution in [0.25, 0.3) is 0 Å². The Morgan fingerprint density at radius 2 is 0.733 bits per heavy atom. The molecule has 0 bridgehead atoms. The third kappa shape index (κ3) is 29.5. The number of ether oxygens (including phenoxy) is 2. The van der Waals surface area contributed by atoms with Gasteiger partial charge in [-0.2, -0.15) is 33.7 Å². The Hall–Kier alpha value is -5.33. The number of anilines is 4.